The van der Waals surface area contributed by atoms with E-state index in [0.29, 0.717) is 13.1 Å². The summed E-state index contributed by atoms with van der Waals surface area (Å²) in [5.74, 6) is 0. The number of fused-ring (bicyclic) bond motifs is 1. The molecule has 4 rings (SSSR count). The van der Waals surface area contributed by atoms with Gasteiger partial charge in [-0.15, -0.1) is 11.3 Å². The Morgan fingerprint density at radius 1 is 1.12 bits per heavy atom. The fourth-order valence-electron chi connectivity index (χ4n) is 3.32. The number of nitrogens with zero attached hydrogens (tertiary/aromatic N) is 2. The zero-order chi connectivity index (χ0) is 18.1. The van der Waals surface area contributed by atoms with Crippen molar-refractivity contribution >= 4 is 23.1 Å². The van der Waals surface area contributed by atoms with Crippen LogP contribution < -0.4 is 5.32 Å². The molecule has 4 nitrogen and oxygen atoms in total. The fraction of sp³-hybridized carbons (Fsp3) is 0.238. The molecular weight excluding hydrogens is 342 g/mol. The van der Waals surface area contributed by atoms with Gasteiger partial charge in [0.2, 0.25) is 0 Å². The highest BCUT2D eigenvalue weighted by atomic mass is 32.1. The van der Waals surface area contributed by atoms with E-state index in [1.807, 2.05) is 49.1 Å². The maximum absolute atomic E-state index is 12.7. The zero-order valence-electron chi connectivity index (χ0n) is 15.0. The third kappa shape index (κ3) is 3.48. The van der Waals surface area contributed by atoms with Crippen LogP contribution in [0.4, 0.5) is 10.5 Å². The van der Waals surface area contributed by atoms with Crippen molar-refractivity contribution in [3.8, 4) is 10.6 Å². The van der Waals surface area contributed by atoms with Crippen molar-refractivity contribution in [1.82, 2.24) is 9.88 Å². The second kappa shape index (κ2) is 6.92. The van der Waals surface area contributed by atoms with Crippen molar-refractivity contribution in [1.29, 1.82) is 0 Å². The number of anilines is 1. The third-order valence-corrected chi connectivity index (χ3v) is 5.64. The lowest BCUT2D eigenvalue weighted by Gasteiger charge is -2.26. The van der Waals surface area contributed by atoms with Crippen molar-refractivity contribution in [3.63, 3.8) is 0 Å². The number of benzene rings is 2. The van der Waals surface area contributed by atoms with Crippen LogP contribution in [0.1, 0.15) is 21.7 Å². The van der Waals surface area contributed by atoms with Gasteiger partial charge in [0.05, 0.1) is 12.2 Å². The molecule has 2 amide bonds. The largest absolute Gasteiger partial charge is 0.322 e. The predicted molar refractivity (Wildman–Crippen MR) is 107 cm³/mol. The van der Waals surface area contributed by atoms with Crippen LogP contribution in [0.2, 0.25) is 0 Å². The molecule has 2 heterocycles. The van der Waals surface area contributed by atoms with Crippen LogP contribution in [0.25, 0.3) is 10.6 Å². The summed E-state index contributed by atoms with van der Waals surface area (Å²) in [4.78, 5) is 20.5. The van der Waals surface area contributed by atoms with Crippen LogP contribution in [0, 0.1) is 13.8 Å². The molecule has 26 heavy (non-hydrogen) atoms. The van der Waals surface area contributed by atoms with E-state index in [2.05, 4.69) is 23.5 Å². The lowest BCUT2D eigenvalue weighted by atomic mass is 10.1. The molecule has 0 fully saturated rings. The summed E-state index contributed by atoms with van der Waals surface area (Å²) in [6, 6.07) is 16.3. The maximum atomic E-state index is 12.7. The van der Waals surface area contributed by atoms with Gasteiger partial charge in [0, 0.05) is 29.1 Å². The molecule has 0 atom stereocenters. The fourth-order valence-corrected chi connectivity index (χ4v) is 4.45. The number of carbonyl (C=O) groups is 1. The molecule has 0 bridgehead atoms. The van der Waals surface area contributed by atoms with Crippen molar-refractivity contribution in [3.05, 3.63) is 70.2 Å². The molecule has 1 aliphatic rings. The zero-order valence-corrected chi connectivity index (χ0v) is 15.8. The molecule has 132 valence electrons. The molecule has 0 spiro atoms. The molecule has 0 saturated carbocycles. The van der Waals surface area contributed by atoms with E-state index in [1.54, 1.807) is 11.3 Å². The Balaban J connectivity index is 1.49. The number of aryl methyl sites for hydroxylation is 2. The Hall–Kier alpha value is -2.66. The van der Waals surface area contributed by atoms with Crippen LogP contribution in [-0.2, 0) is 13.0 Å². The Morgan fingerprint density at radius 3 is 2.58 bits per heavy atom. The van der Waals surface area contributed by atoms with Gasteiger partial charge in [0.1, 0.15) is 5.01 Å². The van der Waals surface area contributed by atoms with Crippen molar-refractivity contribution < 1.29 is 4.79 Å². The number of aromatic nitrogens is 1. The van der Waals surface area contributed by atoms with E-state index >= 15 is 0 Å². The summed E-state index contributed by atoms with van der Waals surface area (Å²) in [6.07, 6.45) is 0.804. The number of thiazole rings is 1. The minimum atomic E-state index is -0.0460. The van der Waals surface area contributed by atoms with Crippen LogP contribution in [0.15, 0.2) is 48.5 Å². The Kier molecular flexibility index (Phi) is 4.47. The second-order valence-corrected chi connectivity index (χ2v) is 7.82. The van der Waals surface area contributed by atoms with Gasteiger partial charge in [-0.3, -0.25) is 0 Å². The van der Waals surface area contributed by atoms with Crippen LogP contribution >= 0.6 is 11.3 Å². The summed E-state index contributed by atoms with van der Waals surface area (Å²) >= 11 is 1.69. The molecular formula is C21H21N3OS. The lowest BCUT2D eigenvalue weighted by molar-refractivity contribution is 0.207. The topological polar surface area (TPSA) is 45.2 Å². The number of amides is 2. The first-order valence-corrected chi connectivity index (χ1v) is 9.58. The molecule has 0 unspecified atom stereocenters. The molecule has 0 radical (unpaired) electrons. The number of nitrogens with one attached hydrogen (secondary N) is 1. The summed E-state index contributed by atoms with van der Waals surface area (Å²) in [7, 11) is 0. The standard InChI is InChI=1S/C21H21N3OS/c1-14-10-15(2)12-17(11-14)22-21(25)24-9-8-18-19(13-24)26-20(23-18)16-6-4-3-5-7-16/h3-7,10-12H,8-9,13H2,1-2H3,(H,22,25). The van der Waals surface area contributed by atoms with Crippen LogP contribution in [-0.4, -0.2) is 22.5 Å². The van der Waals surface area contributed by atoms with E-state index in [0.717, 1.165) is 39.5 Å². The first kappa shape index (κ1) is 16.8. The summed E-state index contributed by atoms with van der Waals surface area (Å²) in [5, 5.41) is 4.07. The summed E-state index contributed by atoms with van der Waals surface area (Å²) in [6.45, 7) is 5.40. The highest BCUT2D eigenvalue weighted by molar-refractivity contribution is 7.15. The molecule has 5 heteroatoms. The van der Waals surface area contributed by atoms with E-state index in [4.69, 9.17) is 4.98 Å². The molecule has 2 aromatic carbocycles. The third-order valence-electron chi connectivity index (χ3n) is 4.51. The number of hydrogen-bond donors (Lipinski definition) is 1. The predicted octanol–water partition coefficient (Wildman–Crippen LogP) is 5.02. The number of carbonyl (C=O) groups excluding carboxylic acids is 1. The van der Waals surface area contributed by atoms with Gasteiger partial charge in [-0.25, -0.2) is 9.78 Å². The molecule has 3 aromatic rings. The Labute approximate surface area is 157 Å². The Morgan fingerprint density at radius 2 is 1.85 bits per heavy atom. The first-order chi connectivity index (χ1) is 12.6. The number of urea groups is 1. The minimum absolute atomic E-state index is 0.0460. The van der Waals surface area contributed by atoms with Gasteiger partial charge in [-0.2, -0.15) is 0 Å². The van der Waals surface area contributed by atoms with E-state index < -0.39 is 0 Å². The average molecular weight is 363 g/mol. The molecule has 0 saturated heterocycles. The van der Waals surface area contributed by atoms with E-state index in [1.165, 1.54) is 4.88 Å². The number of hydrogen-bond acceptors (Lipinski definition) is 3. The van der Waals surface area contributed by atoms with Crippen LogP contribution in [0.3, 0.4) is 0 Å². The first-order valence-electron chi connectivity index (χ1n) is 8.77. The van der Waals surface area contributed by atoms with Crippen molar-refractivity contribution in [2.24, 2.45) is 0 Å². The normalized spacial score (nSPS) is 13.4. The SMILES string of the molecule is Cc1cc(C)cc(NC(=O)N2CCc3nc(-c4ccccc4)sc3C2)c1. The Bertz CT molecular complexity index is 929. The highest BCUT2D eigenvalue weighted by Gasteiger charge is 2.24. The molecule has 1 N–H and O–H groups in total. The van der Waals surface area contributed by atoms with Crippen LogP contribution in [0.5, 0.6) is 0 Å². The average Bonchev–Trinajstić information content (AvgIpc) is 3.05. The van der Waals surface area contributed by atoms with Gasteiger partial charge in [0.15, 0.2) is 0 Å². The molecule has 1 aliphatic heterocycles. The summed E-state index contributed by atoms with van der Waals surface area (Å²) in [5.41, 5.74) is 5.42. The van der Waals surface area contributed by atoms with Gasteiger partial charge in [0.25, 0.3) is 0 Å². The monoisotopic (exact) mass is 363 g/mol. The van der Waals surface area contributed by atoms with E-state index in [9.17, 15) is 4.79 Å². The van der Waals surface area contributed by atoms with Gasteiger partial charge < -0.3 is 10.2 Å². The van der Waals surface area contributed by atoms with Crippen molar-refractivity contribution in [2.75, 3.05) is 11.9 Å². The second-order valence-electron chi connectivity index (χ2n) is 6.73. The smallest absolute Gasteiger partial charge is 0.319 e. The van der Waals surface area contributed by atoms with Gasteiger partial charge >= 0.3 is 6.03 Å². The minimum Gasteiger partial charge on any atom is -0.319 e. The molecule has 1 aromatic heterocycles. The lowest BCUT2D eigenvalue weighted by Crippen LogP contribution is -2.38. The van der Waals surface area contributed by atoms with Crippen molar-refractivity contribution in [2.45, 2.75) is 26.8 Å². The highest BCUT2D eigenvalue weighted by Crippen LogP contribution is 2.31. The maximum Gasteiger partial charge on any atom is 0.322 e. The quantitative estimate of drug-likeness (QED) is 0.695. The summed E-state index contributed by atoms with van der Waals surface area (Å²) < 4.78 is 0. The van der Waals surface area contributed by atoms with E-state index in [-0.39, 0.29) is 6.03 Å². The van der Waals surface area contributed by atoms with Gasteiger partial charge in [-0.1, -0.05) is 36.4 Å². The molecule has 0 aliphatic carbocycles. The van der Waals surface area contributed by atoms with Gasteiger partial charge in [-0.05, 0) is 37.1 Å². The number of rotatable bonds is 2.